The van der Waals surface area contributed by atoms with Crippen LogP contribution in [0.15, 0.2) is 16.9 Å². The maximum Gasteiger partial charge on any atom is 0.330 e. The summed E-state index contributed by atoms with van der Waals surface area (Å²) in [6, 6.07) is 3.04. The Labute approximate surface area is 139 Å². The predicted octanol–water partition coefficient (Wildman–Crippen LogP) is 1.18. The van der Waals surface area contributed by atoms with E-state index in [4.69, 9.17) is 4.74 Å². The minimum atomic E-state index is -0.209. The van der Waals surface area contributed by atoms with Gasteiger partial charge in [-0.2, -0.15) is 15.0 Å². The number of hydrogen-bond donors (Lipinski definition) is 1. The van der Waals surface area contributed by atoms with Crippen molar-refractivity contribution in [2.24, 2.45) is 7.05 Å². The fourth-order valence-electron chi connectivity index (χ4n) is 2.54. The van der Waals surface area contributed by atoms with Crippen molar-refractivity contribution in [2.45, 2.75) is 25.7 Å². The number of nitrogens with one attached hydrogen (secondary N) is 1. The molecule has 0 aromatic carbocycles. The second-order valence-corrected chi connectivity index (χ2v) is 5.63. The molecule has 3 heterocycles. The van der Waals surface area contributed by atoms with E-state index in [2.05, 4.69) is 30.3 Å². The van der Waals surface area contributed by atoms with Crippen molar-refractivity contribution in [3.05, 3.63) is 22.5 Å². The summed E-state index contributed by atoms with van der Waals surface area (Å²) in [6.07, 6.45) is 4.70. The quantitative estimate of drug-likeness (QED) is 0.892. The molecule has 1 saturated heterocycles. The zero-order valence-corrected chi connectivity index (χ0v) is 13.9. The van der Waals surface area contributed by atoms with Crippen molar-refractivity contribution in [1.29, 1.82) is 0 Å². The van der Waals surface area contributed by atoms with Crippen LogP contribution in [0, 0.1) is 0 Å². The van der Waals surface area contributed by atoms with E-state index in [9.17, 15) is 4.79 Å². The number of ether oxygens (including phenoxy) is 1. The Balaban J connectivity index is 1.87. The summed E-state index contributed by atoms with van der Waals surface area (Å²) >= 11 is 0. The molecule has 9 nitrogen and oxygen atoms in total. The first-order valence-electron chi connectivity index (χ1n) is 8.07. The van der Waals surface area contributed by atoms with Gasteiger partial charge in [0.25, 0.3) is 5.56 Å². The lowest BCUT2D eigenvalue weighted by atomic mass is 10.2. The molecule has 1 aliphatic heterocycles. The summed E-state index contributed by atoms with van der Waals surface area (Å²) in [5.74, 6) is 1.28. The Morgan fingerprint density at radius 1 is 1.08 bits per heavy atom. The van der Waals surface area contributed by atoms with E-state index in [1.54, 1.807) is 14.1 Å². The van der Waals surface area contributed by atoms with Gasteiger partial charge in [0.15, 0.2) is 0 Å². The summed E-state index contributed by atoms with van der Waals surface area (Å²) in [7, 11) is 3.31. The average Bonchev–Trinajstić information content (AvgIpc) is 2.87. The van der Waals surface area contributed by atoms with Crippen LogP contribution in [-0.4, -0.2) is 44.9 Å². The zero-order valence-electron chi connectivity index (χ0n) is 13.9. The van der Waals surface area contributed by atoms with Crippen LogP contribution in [-0.2, 0) is 7.05 Å². The topological polar surface area (TPSA) is 98.1 Å². The molecule has 2 aromatic heterocycles. The first kappa shape index (κ1) is 16.2. The van der Waals surface area contributed by atoms with Gasteiger partial charge in [-0.3, -0.25) is 4.79 Å². The molecule has 24 heavy (non-hydrogen) atoms. The van der Waals surface area contributed by atoms with E-state index < -0.39 is 0 Å². The summed E-state index contributed by atoms with van der Waals surface area (Å²) < 4.78 is 6.82. The fourth-order valence-corrected chi connectivity index (χ4v) is 2.54. The highest BCUT2D eigenvalue weighted by molar-refractivity contribution is 5.38. The Kier molecular flexibility index (Phi) is 4.88. The second-order valence-electron chi connectivity index (χ2n) is 5.63. The van der Waals surface area contributed by atoms with Crippen LogP contribution >= 0.6 is 0 Å². The predicted molar refractivity (Wildman–Crippen MR) is 89.6 cm³/mol. The lowest BCUT2D eigenvalue weighted by Gasteiger charge is -2.20. The molecule has 0 spiro atoms. The van der Waals surface area contributed by atoms with Crippen LogP contribution in [0.25, 0.3) is 0 Å². The molecule has 0 saturated carbocycles. The highest BCUT2D eigenvalue weighted by atomic mass is 16.5. The molecular weight excluding hydrogens is 310 g/mol. The summed E-state index contributed by atoms with van der Waals surface area (Å²) in [6.45, 7) is 1.84. The van der Waals surface area contributed by atoms with E-state index in [0.717, 1.165) is 25.9 Å². The molecule has 0 aliphatic carbocycles. The highest BCUT2D eigenvalue weighted by Crippen LogP contribution is 2.21. The summed E-state index contributed by atoms with van der Waals surface area (Å²) in [5.41, 5.74) is -0.209. The minimum absolute atomic E-state index is 0.153. The van der Waals surface area contributed by atoms with Crippen LogP contribution in [0.3, 0.4) is 0 Å². The number of hydrogen-bond acceptors (Lipinski definition) is 8. The second kappa shape index (κ2) is 7.24. The molecular formula is C15H21N7O2. The highest BCUT2D eigenvalue weighted by Gasteiger charge is 2.16. The smallest absolute Gasteiger partial charge is 0.330 e. The molecule has 2 aromatic rings. The third-order valence-electron chi connectivity index (χ3n) is 3.85. The van der Waals surface area contributed by atoms with Gasteiger partial charge < -0.3 is 15.0 Å². The Morgan fingerprint density at radius 3 is 2.50 bits per heavy atom. The van der Waals surface area contributed by atoms with Crippen molar-refractivity contribution in [1.82, 2.24) is 24.7 Å². The van der Waals surface area contributed by atoms with E-state index in [-0.39, 0.29) is 17.4 Å². The third-order valence-corrected chi connectivity index (χ3v) is 3.85. The largest absolute Gasteiger partial charge is 0.403 e. The molecule has 0 atom stereocenters. The molecule has 9 heteroatoms. The van der Waals surface area contributed by atoms with Crippen molar-refractivity contribution in [2.75, 3.05) is 30.4 Å². The maximum absolute atomic E-state index is 11.4. The zero-order chi connectivity index (χ0) is 16.9. The number of aryl methyl sites for hydroxylation is 1. The molecule has 0 unspecified atom stereocenters. The van der Waals surface area contributed by atoms with Crippen molar-refractivity contribution < 1.29 is 4.74 Å². The molecule has 3 rings (SSSR count). The normalized spacial score (nSPS) is 15.0. The SMILES string of the molecule is CNc1nc(Oc2ccc(=O)n(C)n2)nc(N2CCCCCC2)n1. The van der Waals surface area contributed by atoms with Crippen LogP contribution in [0.4, 0.5) is 11.9 Å². The standard InChI is InChI=1S/C15H21N7O2/c1-16-13-17-14(22-9-5-3-4-6-10-22)19-15(18-13)24-11-7-8-12(23)21(2)20-11/h7-8H,3-6,9-10H2,1-2H3,(H,16,17,18,19). The van der Waals surface area contributed by atoms with E-state index >= 15 is 0 Å². The molecule has 0 bridgehead atoms. The minimum Gasteiger partial charge on any atom is -0.403 e. The number of anilines is 2. The van der Waals surface area contributed by atoms with Gasteiger partial charge >= 0.3 is 6.01 Å². The summed E-state index contributed by atoms with van der Waals surface area (Å²) in [5, 5.41) is 6.95. The van der Waals surface area contributed by atoms with Crippen LogP contribution in [0.1, 0.15) is 25.7 Å². The van der Waals surface area contributed by atoms with Crippen LogP contribution in [0.2, 0.25) is 0 Å². The fraction of sp³-hybridized carbons (Fsp3) is 0.533. The van der Waals surface area contributed by atoms with Crippen LogP contribution in [0.5, 0.6) is 11.9 Å². The van der Waals surface area contributed by atoms with Gasteiger partial charge in [-0.05, 0) is 12.8 Å². The first-order valence-corrected chi connectivity index (χ1v) is 8.07. The van der Waals surface area contributed by atoms with Crippen molar-refractivity contribution in [3.63, 3.8) is 0 Å². The third kappa shape index (κ3) is 3.79. The number of aromatic nitrogens is 5. The van der Waals surface area contributed by atoms with Gasteiger partial charge in [0.2, 0.25) is 17.8 Å². The molecule has 0 amide bonds. The lowest BCUT2D eigenvalue weighted by molar-refractivity contribution is 0.406. The van der Waals surface area contributed by atoms with Gasteiger partial charge in [-0.25, -0.2) is 4.68 Å². The van der Waals surface area contributed by atoms with E-state index in [0.29, 0.717) is 11.9 Å². The Bertz CT molecular complexity index is 754. The molecule has 128 valence electrons. The number of nitrogens with zero attached hydrogens (tertiary/aromatic N) is 6. The molecule has 1 aliphatic rings. The van der Waals surface area contributed by atoms with Crippen LogP contribution < -0.4 is 20.5 Å². The van der Waals surface area contributed by atoms with Gasteiger partial charge in [0.1, 0.15) is 0 Å². The molecule has 1 N–H and O–H groups in total. The Morgan fingerprint density at radius 2 is 1.83 bits per heavy atom. The number of rotatable bonds is 4. The van der Waals surface area contributed by atoms with Crippen molar-refractivity contribution in [3.8, 4) is 11.9 Å². The van der Waals surface area contributed by atoms with Gasteiger partial charge in [0.05, 0.1) is 0 Å². The van der Waals surface area contributed by atoms with Gasteiger partial charge in [0, 0.05) is 39.3 Å². The lowest BCUT2D eigenvalue weighted by Crippen LogP contribution is -2.26. The van der Waals surface area contributed by atoms with E-state index in [1.165, 1.54) is 29.7 Å². The Hall–Kier alpha value is -2.71. The first-order chi connectivity index (χ1) is 11.7. The summed E-state index contributed by atoms with van der Waals surface area (Å²) in [4.78, 5) is 26.6. The van der Waals surface area contributed by atoms with Gasteiger partial charge in [-0.1, -0.05) is 12.8 Å². The van der Waals surface area contributed by atoms with E-state index in [1.807, 2.05) is 0 Å². The van der Waals surface area contributed by atoms with Gasteiger partial charge in [-0.15, -0.1) is 5.10 Å². The maximum atomic E-state index is 11.4. The molecule has 1 fully saturated rings. The average molecular weight is 331 g/mol. The monoisotopic (exact) mass is 331 g/mol. The van der Waals surface area contributed by atoms with Crippen molar-refractivity contribution >= 4 is 11.9 Å². The molecule has 0 radical (unpaired) electrons.